The molecular weight excluding hydrogens is 374 g/mol. The van der Waals surface area contributed by atoms with Gasteiger partial charge < -0.3 is 10.4 Å². The Morgan fingerprint density at radius 3 is 2.21 bits per heavy atom. The third-order valence-corrected chi connectivity index (χ3v) is 4.94. The number of benzene rings is 1. The second kappa shape index (κ2) is 7.17. The Balaban J connectivity index is 2.21. The normalized spacial score (nSPS) is 12.2. The fourth-order valence-electron chi connectivity index (χ4n) is 2.37. The van der Waals surface area contributed by atoms with Gasteiger partial charge in [-0.15, -0.1) is 0 Å². The van der Waals surface area contributed by atoms with Gasteiger partial charge in [0, 0.05) is 5.56 Å². The van der Waals surface area contributed by atoms with Crippen molar-refractivity contribution in [2.45, 2.75) is 33.7 Å². The molecule has 0 fully saturated rings. The molecule has 1 amide bonds. The molecule has 24 heavy (non-hydrogen) atoms. The van der Waals surface area contributed by atoms with Crippen LogP contribution in [0.3, 0.4) is 0 Å². The van der Waals surface area contributed by atoms with Crippen LogP contribution < -0.4 is 5.32 Å². The molecule has 1 aromatic heterocycles. The molecule has 0 spiro atoms. The van der Waals surface area contributed by atoms with Crippen molar-refractivity contribution in [3.8, 4) is 5.69 Å². The Bertz CT molecular complexity index is 766. The van der Waals surface area contributed by atoms with Crippen molar-refractivity contribution in [2.24, 2.45) is 5.92 Å². The molecule has 0 aliphatic rings. The Morgan fingerprint density at radius 1 is 1.21 bits per heavy atom. The molecule has 2 aromatic rings. The molecule has 0 aliphatic carbocycles. The van der Waals surface area contributed by atoms with Gasteiger partial charge in [0.2, 0.25) is 0 Å². The number of carboxylic acid groups (broad SMARTS) is 1. The van der Waals surface area contributed by atoms with Gasteiger partial charge in [-0.3, -0.25) is 4.79 Å². The lowest BCUT2D eigenvalue weighted by Crippen LogP contribution is -2.44. The fourth-order valence-corrected chi connectivity index (χ4v) is 2.61. The lowest BCUT2D eigenvalue weighted by atomic mass is 10.0. The van der Waals surface area contributed by atoms with E-state index in [0.29, 0.717) is 5.56 Å². The second-order valence-electron chi connectivity index (χ2n) is 5.98. The van der Waals surface area contributed by atoms with E-state index in [4.69, 9.17) is 5.11 Å². The Labute approximate surface area is 149 Å². The van der Waals surface area contributed by atoms with E-state index in [9.17, 15) is 9.59 Å². The molecule has 1 aromatic carbocycles. The predicted molar refractivity (Wildman–Crippen MR) is 94.5 cm³/mol. The number of nitrogens with one attached hydrogen (secondary N) is 1. The summed E-state index contributed by atoms with van der Waals surface area (Å²) in [5.74, 6) is -1.64. The maximum atomic E-state index is 12.2. The topological polar surface area (TPSA) is 84.2 Å². The number of carboxylic acids is 1. The van der Waals surface area contributed by atoms with Crippen LogP contribution in [0.25, 0.3) is 5.69 Å². The molecule has 0 saturated heterocycles. The van der Waals surface area contributed by atoms with E-state index >= 15 is 0 Å². The van der Waals surface area contributed by atoms with E-state index in [-0.39, 0.29) is 5.92 Å². The highest BCUT2D eigenvalue weighted by atomic mass is 79.9. The van der Waals surface area contributed by atoms with E-state index in [2.05, 4.69) is 26.3 Å². The van der Waals surface area contributed by atoms with Crippen molar-refractivity contribution in [3.63, 3.8) is 0 Å². The van der Waals surface area contributed by atoms with Gasteiger partial charge in [-0.1, -0.05) is 13.8 Å². The molecule has 1 heterocycles. The van der Waals surface area contributed by atoms with Crippen molar-refractivity contribution in [2.75, 3.05) is 0 Å². The summed E-state index contributed by atoms with van der Waals surface area (Å²) in [4.78, 5) is 23.4. The number of hydrogen-bond donors (Lipinski definition) is 2. The van der Waals surface area contributed by atoms with Crippen LogP contribution in [0, 0.1) is 19.8 Å². The zero-order valence-electron chi connectivity index (χ0n) is 14.0. The number of carbonyl (C=O) groups excluding carboxylic acids is 1. The Morgan fingerprint density at radius 2 is 1.79 bits per heavy atom. The summed E-state index contributed by atoms with van der Waals surface area (Å²) >= 11 is 3.49. The van der Waals surface area contributed by atoms with Gasteiger partial charge in [-0.05, 0) is 60.0 Å². The Hall–Kier alpha value is -2.15. The Kier molecular flexibility index (Phi) is 5.43. The third-order valence-electron chi connectivity index (χ3n) is 3.80. The fraction of sp³-hybridized carbons (Fsp3) is 0.353. The number of rotatable bonds is 5. The molecule has 0 radical (unpaired) electrons. The summed E-state index contributed by atoms with van der Waals surface area (Å²) in [7, 11) is 0. The predicted octanol–water partition coefficient (Wildman–Crippen LogP) is 3.09. The first-order chi connectivity index (χ1) is 11.2. The molecule has 1 atom stereocenters. The highest BCUT2D eigenvalue weighted by molar-refractivity contribution is 9.10. The number of halogens is 1. The minimum Gasteiger partial charge on any atom is -0.480 e. The van der Waals surface area contributed by atoms with Crippen LogP contribution in [-0.4, -0.2) is 32.8 Å². The molecule has 0 unspecified atom stereocenters. The first-order valence-corrected chi connectivity index (χ1v) is 8.37. The number of amides is 1. The van der Waals surface area contributed by atoms with E-state index in [1.54, 1.807) is 42.8 Å². The van der Waals surface area contributed by atoms with E-state index in [1.165, 1.54) is 0 Å². The number of aliphatic carboxylic acids is 1. The maximum absolute atomic E-state index is 12.2. The molecule has 2 rings (SSSR count). The lowest BCUT2D eigenvalue weighted by Gasteiger charge is -2.18. The monoisotopic (exact) mass is 393 g/mol. The van der Waals surface area contributed by atoms with Gasteiger partial charge in [0.05, 0.1) is 21.5 Å². The van der Waals surface area contributed by atoms with Gasteiger partial charge in [0.1, 0.15) is 6.04 Å². The zero-order valence-corrected chi connectivity index (χ0v) is 15.6. The molecule has 128 valence electrons. The number of aromatic nitrogens is 2. The quantitative estimate of drug-likeness (QED) is 0.817. The average molecular weight is 394 g/mol. The van der Waals surface area contributed by atoms with E-state index in [1.807, 2.05) is 13.8 Å². The molecule has 2 N–H and O–H groups in total. The zero-order chi connectivity index (χ0) is 18.0. The molecule has 0 bridgehead atoms. The van der Waals surface area contributed by atoms with E-state index < -0.39 is 17.9 Å². The molecule has 7 heteroatoms. The molecule has 0 aliphatic heterocycles. The number of aryl methyl sites for hydroxylation is 1. The van der Waals surface area contributed by atoms with Crippen LogP contribution in [0.5, 0.6) is 0 Å². The van der Waals surface area contributed by atoms with Crippen molar-refractivity contribution in [1.82, 2.24) is 15.1 Å². The molecular formula is C17H20BrN3O3. The summed E-state index contributed by atoms with van der Waals surface area (Å²) < 4.78 is 2.74. The summed E-state index contributed by atoms with van der Waals surface area (Å²) in [5.41, 5.74) is 3.09. The van der Waals surface area contributed by atoms with Crippen LogP contribution in [0.2, 0.25) is 0 Å². The maximum Gasteiger partial charge on any atom is 0.326 e. The van der Waals surface area contributed by atoms with Gasteiger partial charge in [-0.2, -0.15) is 5.10 Å². The van der Waals surface area contributed by atoms with Crippen LogP contribution in [0.15, 0.2) is 28.7 Å². The van der Waals surface area contributed by atoms with Crippen LogP contribution >= 0.6 is 15.9 Å². The van der Waals surface area contributed by atoms with Crippen LogP contribution in [0.4, 0.5) is 0 Å². The van der Waals surface area contributed by atoms with Crippen molar-refractivity contribution in [3.05, 3.63) is 45.7 Å². The lowest BCUT2D eigenvalue weighted by molar-refractivity contribution is -0.140. The summed E-state index contributed by atoms with van der Waals surface area (Å²) in [5, 5.41) is 16.1. The molecule has 6 nitrogen and oxygen atoms in total. The van der Waals surface area contributed by atoms with Crippen LogP contribution in [0.1, 0.15) is 35.6 Å². The first kappa shape index (κ1) is 18.2. The second-order valence-corrected chi connectivity index (χ2v) is 6.77. The average Bonchev–Trinajstić information content (AvgIpc) is 2.79. The largest absolute Gasteiger partial charge is 0.480 e. The number of hydrogen-bond acceptors (Lipinski definition) is 3. The highest BCUT2D eigenvalue weighted by Gasteiger charge is 2.24. The highest BCUT2D eigenvalue weighted by Crippen LogP contribution is 2.23. The van der Waals surface area contributed by atoms with Gasteiger partial charge in [0.15, 0.2) is 0 Å². The standard InChI is InChI=1S/C17H20BrN3O3/c1-9(2)15(17(23)24)19-16(22)12-5-7-13(8-6-12)21-11(4)14(18)10(3)20-21/h5-9,15H,1-4H3,(H,19,22)(H,23,24)/t15-/m1/s1. The summed E-state index contributed by atoms with van der Waals surface area (Å²) in [6.07, 6.45) is 0. The smallest absolute Gasteiger partial charge is 0.326 e. The minimum absolute atomic E-state index is 0.197. The van der Waals surface area contributed by atoms with E-state index in [0.717, 1.165) is 21.5 Å². The molecule has 0 saturated carbocycles. The van der Waals surface area contributed by atoms with Gasteiger partial charge in [-0.25, -0.2) is 9.48 Å². The van der Waals surface area contributed by atoms with Crippen molar-refractivity contribution >= 4 is 27.8 Å². The van der Waals surface area contributed by atoms with Crippen molar-refractivity contribution < 1.29 is 14.7 Å². The van der Waals surface area contributed by atoms with Gasteiger partial charge in [0.25, 0.3) is 5.91 Å². The first-order valence-electron chi connectivity index (χ1n) is 7.58. The van der Waals surface area contributed by atoms with Crippen molar-refractivity contribution in [1.29, 1.82) is 0 Å². The van der Waals surface area contributed by atoms with Gasteiger partial charge >= 0.3 is 5.97 Å². The number of nitrogens with zero attached hydrogens (tertiary/aromatic N) is 2. The summed E-state index contributed by atoms with van der Waals surface area (Å²) in [6, 6.07) is 5.98. The third kappa shape index (κ3) is 3.67. The summed E-state index contributed by atoms with van der Waals surface area (Å²) in [6.45, 7) is 7.36. The minimum atomic E-state index is -1.04. The van der Waals surface area contributed by atoms with Crippen LogP contribution in [-0.2, 0) is 4.79 Å². The number of carbonyl (C=O) groups is 2. The SMILES string of the molecule is Cc1nn(-c2ccc(C(=O)N[C@@H](C(=O)O)C(C)C)cc2)c(C)c1Br.